The molecule has 0 bridgehead atoms. The van der Waals surface area contributed by atoms with Crippen LogP contribution < -0.4 is 0 Å². The molecule has 1 atom stereocenters. The molecule has 0 heterocycles. The Morgan fingerprint density at radius 2 is 2.12 bits per heavy atom. The van der Waals surface area contributed by atoms with Crippen LogP contribution in [0.25, 0.3) is 0 Å². The maximum absolute atomic E-state index is 10.3. The highest BCUT2D eigenvalue weighted by Gasteiger charge is 2.25. The quantitative estimate of drug-likeness (QED) is 0.860. The summed E-state index contributed by atoms with van der Waals surface area (Å²) < 4.78 is 5.04. The Balaban J connectivity index is 2.85. The highest BCUT2D eigenvalue weighted by atomic mass is 35.5. The Morgan fingerprint density at radius 3 is 2.62 bits per heavy atom. The van der Waals surface area contributed by atoms with Crippen LogP contribution in [0.2, 0.25) is 5.02 Å². The maximum atomic E-state index is 10.3. The first-order valence-electron chi connectivity index (χ1n) is 5.47. The summed E-state index contributed by atoms with van der Waals surface area (Å²) >= 11 is 6.14. The van der Waals surface area contributed by atoms with Gasteiger partial charge in [0.1, 0.15) is 0 Å². The number of hydrogen-bond donors (Lipinski definition) is 1. The molecule has 1 rings (SSSR count). The number of aliphatic hydroxyl groups is 1. The Hall–Kier alpha value is -0.570. The van der Waals surface area contributed by atoms with E-state index in [2.05, 4.69) is 0 Å². The van der Waals surface area contributed by atoms with Crippen LogP contribution >= 0.6 is 11.6 Å². The molecule has 0 aromatic heterocycles. The van der Waals surface area contributed by atoms with Gasteiger partial charge in [0.15, 0.2) is 0 Å². The highest BCUT2D eigenvalue weighted by Crippen LogP contribution is 2.24. The Labute approximate surface area is 102 Å². The van der Waals surface area contributed by atoms with Gasteiger partial charge in [0.2, 0.25) is 0 Å². The van der Waals surface area contributed by atoms with Gasteiger partial charge in [-0.05, 0) is 30.5 Å². The van der Waals surface area contributed by atoms with Gasteiger partial charge in [-0.15, -0.1) is 0 Å². The van der Waals surface area contributed by atoms with E-state index in [1.54, 1.807) is 7.11 Å². The highest BCUT2D eigenvalue weighted by molar-refractivity contribution is 6.31. The molecule has 90 valence electrons. The molecule has 0 fully saturated rings. The van der Waals surface area contributed by atoms with Crippen molar-refractivity contribution < 1.29 is 9.84 Å². The molecule has 3 heteroatoms. The molecule has 2 nitrogen and oxygen atoms in total. The monoisotopic (exact) mass is 242 g/mol. The molecule has 1 aromatic carbocycles. The summed E-state index contributed by atoms with van der Waals surface area (Å²) in [5.41, 5.74) is 1.27. The van der Waals surface area contributed by atoms with Crippen LogP contribution in [0.4, 0.5) is 0 Å². The van der Waals surface area contributed by atoms with Crippen molar-refractivity contribution in [2.75, 3.05) is 13.7 Å². The summed E-state index contributed by atoms with van der Waals surface area (Å²) in [6.07, 6.45) is 1.17. The summed E-state index contributed by atoms with van der Waals surface area (Å²) in [6.45, 7) is 4.27. The summed E-state index contributed by atoms with van der Waals surface area (Å²) in [5, 5.41) is 11.0. The molecule has 0 spiro atoms. The first-order valence-corrected chi connectivity index (χ1v) is 5.85. The van der Waals surface area contributed by atoms with Crippen molar-refractivity contribution in [1.82, 2.24) is 0 Å². The molecule has 1 N–H and O–H groups in total. The van der Waals surface area contributed by atoms with E-state index in [-0.39, 0.29) is 0 Å². The molecule has 0 amide bonds. The SMILES string of the molecule is CCC(O)(COC)Cc1ccc(C)cc1Cl. The van der Waals surface area contributed by atoms with Crippen LogP contribution in [0.3, 0.4) is 0 Å². The molecule has 0 aliphatic carbocycles. The fourth-order valence-electron chi connectivity index (χ4n) is 1.70. The third-order valence-corrected chi connectivity index (χ3v) is 3.15. The van der Waals surface area contributed by atoms with E-state index in [1.165, 1.54) is 0 Å². The zero-order valence-electron chi connectivity index (χ0n) is 10.1. The van der Waals surface area contributed by atoms with Gasteiger partial charge in [0.05, 0.1) is 12.2 Å². The van der Waals surface area contributed by atoms with E-state index in [0.717, 1.165) is 11.1 Å². The second kappa shape index (κ2) is 5.67. The van der Waals surface area contributed by atoms with Gasteiger partial charge in [-0.2, -0.15) is 0 Å². The van der Waals surface area contributed by atoms with E-state index >= 15 is 0 Å². The molecular formula is C13H19ClO2. The van der Waals surface area contributed by atoms with Crippen molar-refractivity contribution in [1.29, 1.82) is 0 Å². The zero-order chi connectivity index (χ0) is 12.2. The lowest BCUT2D eigenvalue weighted by molar-refractivity contribution is -0.0333. The Kier molecular flexibility index (Phi) is 4.78. The fraction of sp³-hybridized carbons (Fsp3) is 0.538. The van der Waals surface area contributed by atoms with Gasteiger partial charge < -0.3 is 9.84 Å². The van der Waals surface area contributed by atoms with Crippen molar-refractivity contribution >= 4 is 11.6 Å². The maximum Gasteiger partial charge on any atom is 0.0917 e. The molecule has 1 aromatic rings. The van der Waals surface area contributed by atoms with Crippen molar-refractivity contribution in [2.24, 2.45) is 0 Å². The molecule has 0 saturated heterocycles. The lowest BCUT2D eigenvalue weighted by atomic mass is 9.92. The first-order chi connectivity index (χ1) is 7.50. The van der Waals surface area contributed by atoms with Gasteiger partial charge in [0.25, 0.3) is 0 Å². The van der Waals surface area contributed by atoms with Crippen molar-refractivity contribution in [3.63, 3.8) is 0 Å². The van der Waals surface area contributed by atoms with E-state index in [9.17, 15) is 5.11 Å². The van der Waals surface area contributed by atoms with Crippen LogP contribution in [-0.4, -0.2) is 24.4 Å². The van der Waals surface area contributed by atoms with Gasteiger partial charge >= 0.3 is 0 Å². The number of rotatable bonds is 5. The standard InChI is InChI=1S/C13H19ClO2/c1-4-13(15,9-16-3)8-11-6-5-10(2)7-12(11)14/h5-7,15H,4,8-9H2,1-3H3. The average molecular weight is 243 g/mol. The number of benzene rings is 1. The van der Waals surface area contributed by atoms with Gasteiger partial charge in [-0.25, -0.2) is 0 Å². The third kappa shape index (κ3) is 3.48. The van der Waals surface area contributed by atoms with Crippen molar-refractivity contribution in [3.8, 4) is 0 Å². The third-order valence-electron chi connectivity index (χ3n) is 2.80. The predicted molar refractivity (Wildman–Crippen MR) is 67.0 cm³/mol. The molecule has 0 aliphatic heterocycles. The smallest absolute Gasteiger partial charge is 0.0917 e. The fourth-order valence-corrected chi connectivity index (χ4v) is 2.00. The van der Waals surface area contributed by atoms with E-state index in [0.29, 0.717) is 24.5 Å². The van der Waals surface area contributed by atoms with Crippen LogP contribution in [0.5, 0.6) is 0 Å². The van der Waals surface area contributed by atoms with E-state index in [1.807, 2.05) is 32.0 Å². The van der Waals surface area contributed by atoms with Gasteiger partial charge in [-0.3, -0.25) is 0 Å². The molecule has 0 saturated carbocycles. The number of ether oxygens (including phenoxy) is 1. The van der Waals surface area contributed by atoms with Gasteiger partial charge in [-0.1, -0.05) is 30.7 Å². The van der Waals surface area contributed by atoms with Crippen molar-refractivity contribution in [2.45, 2.75) is 32.3 Å². The summed E-state index contributed by atoms with van der Waals surface area (Å²) in [4.78, 5) is 0. The van der Waals surface area contributed by atoms with Crippen LogP contribution in [0.15, 0.2) is 18.2 Å². The number of methoxy groups -OCH3 is 1. The molecular weight excluding hydrogens is 224 g/mol. The Bertz CT molecular complexity index is 352. The second-order valence-corrected chi connectivity index (χ2v) is 4.69. The second-order valence-electron chi connectivity index (χ2n) is 4.28. The topological polar surface area (TPSA) is 29.5 Å². The minimum atomic E-state index is -0.826. The minimum absolute atomic E-state index is 0.327. The van der Waals surface area contributed by atoms with Crippen LogP contribution in [-0.2, 0) is 11.2 Å². The molecule has 1 unspecified atom stereocenters. The lowest BCUT2D eigenvalue weighted by Gasteiger charge is -2.26. The molecule has 16 heavy (non-hydrogen) atoms. The predicted octanol–water partition coefficient (Wildman–Crippen LogP) is 2.98. The summed E-state index contributed by atoms with van der Waals surface area (Å²) in [6, 6.07) is 5.89. The van der Waals surface area contributed by atoms with Crippen molar-refractivity contribution in [3.05, 3.63) is 34.3 Å². The molecule has 0 radical (unpaired) electrons. The summed E-state index contributed by atoms with van der Waals surface area (Å²) in [5.74, 6) is 0. The average Bonchev–Trinajstić information content (AvgIpc) is 2.23. The first kappa shape index (κ1) is 13.5. The number of halogens is 1. The largest absolute Gasteiger partial charge is 0.387 e. The summed E-state index contributed by atoms with van der Waals surface area (Å²) in [7, 11) is 1.59. The normalized spacial score (nSPS) is 14.8. The number of hydrogen-bond acceptors (Lipinski definition) is 2. The van der Waals surface area contributed by atoms with E-state index in [4.69, 9.17) is 16.3 Å². The van der Waals surface area contributed by atoms with E-state index < -0.39 is 5.60 Å². The van der Waals surface area contributed by atoms with Crippen LogP contribution in [0, 0.1) is 6.92 Å². The minimum Gasteiger partial charge on any atom is -0.387 e. The number of aryl methyl sites for hydroxylation is 1. The zero-order valence-corrected chi connectivity index (χ0v) is 10.8. The Morgan fingerprint density at radius 1 is 1.44 bits per heavy atom. The lowest BCUT2D eigenvalue weighted by Crippen LogP contribution is -2.35. The van der Waals surface area contributed by atoms with Crippen LogP contribution in [0.1, 0.15) is 24.5 Å². The molecule has 0 aliphatic rings. The van der Waals surface area contributed by atoms with Gasteiger partial charge in [0, 0.05) is 18.6 Å².